The summed E-state index contributed by atoms with van der Waals surface area (Å²) in [5, 5.41) is 0. The SMILES string of the molecule is Cc1ccc(C(N)=O)c(Oc2cc(C)c(Br)c(C)c2)n1. The monoisotopic (exact) mass is 334 g/mol. The predicted molar refractivity (Wildman–Crippen MR) is 81.2 cm³/mol. The van der Waals surface area contributed by atoms with Gasteiger partial charge in [0.2, 0.25) is 5.88 Å². The summed E-state index contributed by atoms with van der Waals surface area (Å²) in [6.07, 6.45) is 0. The Morgan fingerprint density at radius 1 is 1.20 bits per heavy atom. The van der Waals surface area contributed by atoms with Gasteiger partial charge >= 0.3 is 0 Å². The standard InChI is InChI=1S/C15H15BrN2O2/c1-8-6-11(7-9(2)13(8)16)20-15-12(14(17)19)5-4-10(3)18-15/h4-7H,1-3H3,(H2,17,19). The number of carbonyl (C=O) groups excluding carboxylic acids is 1. The number of nitrogens with two attached hydrogens (primary N) is 1. The van der Waals surface area contributed by atoms with E-state index in [4.69, 9.17) is 10.5 Å². The lowest BCUT2D eigenvalue weighted by molar-refractivity contribution is 0.0997. The first kappa shape index (κ1) is 14.5. The van der Waals surface area contributed by atoms with Crippen molar-refractivity contribution in [2.45, 2.75) is 20.8 Å². The maximum Gasteiger partial charge on any atom is 0.254 e. The van der Waals surface area contributed by atoms with Crippen LogP contribution in [0.25, 0.3) is 0 Å². The van der Waals surface area contributed by atoms with E-state index in [2.05, 4.69) is 20.9 Å². The molecule has 104 valence electrons. The second kappa shape index (κ2) is 5.63. The van der Waals surface area contributed by atoms with Crippen molar-refractivity contribution in [3.05, 3.63) is 51.1 Å². The summed E-state index contributed by atoms with van der Waals surface area (Å²) in [5.41, 5.74) is 8.47. The zero-order chi connectivity index (χ0) is 14.9. The summed E-state index contributed by atoms with van der Waals surface area (Å²) in [4.78, 5) is 15.6. The molecule has 0 aliphatic carbocycles. The van der Waals surface area contributed by atoms with Crippen molar-refractivity contribution in [2.24, 2.45) is 5.73 Å². The van der Waals surface area contributed by atoms with Crippen LogP contribution in [0.15, 0.2) is 28.7 Å². The van der Waals surface area contributed by atoms with Crippen LogP contribution >= 0.6 is 15.9 Å². The molecule has 1 amide bonds. The van der Waals surface area contributed by atoms with E-state index >= 15 is 0 Å². The van der Waals surface area contributed by atoms with E-state index in [1.165, 1.54) is 0 Å². The Bertz CT molecular complexity index is 661. The Labute approximate surface area is 126 Å². The Hall–Kier alpha value is -1.88. The molecule has 0 saturated heterocycles. The van der Waals surface area contributed by atoms with E-state index in [1.54, 1.807) is 12.1 Å². The van der Waals surface area contributed by atoms with Gasteiger partial charge in [-0.3, -0.25) is 4.79 Å². The number of hydrogen-bond donors (Lipinski definition) is 1. The zero-order valence-corrected chi connectivity index (χ0v) is 13.1. The molecule has 0 fully saturated rings. The molecule has 0 radical (unpaired) electrons. The van der Waals surface area contributed by atoms with Crippen LogP contribution in [0.5, 0.6) is 11.6 Å². The van der Waals surface area contributed by atoms with E-state index in [0.717, 1.165) is 21.3 Å². The van der Waals surface area contributed by atoms with Gasteiger partial charge in [-0.1, -0.05) is 15.9 Å². The molecule has 0 bridgehead atoms. The number of rotatable bonds is 3. The fraction of sp³-hybridized carbons (Fsp3) is 0.200. The summed E-state index contributed by atoms with van der Waals surface area (Å²) in [6.45, 7) is 5.78. The van der Waals surface area contributed by atoms with Crippen molar-refractivity contribution in [1.29, 1.82) is 0 Å². The van der Waals surface area contributed by atoms with Crippen molar-refractivity contribution in [3.63, 3.8) is 0 Å². The Balaban J connectivity index is 2.44. The predicted octanol–water partition coefficient (Wildman–Crippen LogP) is 3.66. The van der Waals surface area contributed by atoms with Crippen molar-refractivity contribution >= 4 is 21.8 Å². The Morgan fingerprint density at radius 3 is 2.35 bits per heavy atom. The minimum Gasteiger partial charge on any atom is -0.438 e. The van der Waals surface area contributed by atoms with E-state index in [9.17, 15) is 4.79 Å². The number of aryl methyl sites for hydroxylation is 3. The molecule has 2 rings (SSSR count). The summed E-state index contributed by atoms with van der Waals surface area (Å²) >= 11 is 3.50. The van der Waals surface area contributed by atoms with E-state index in [-0.39, 0.29) is 11.4 Å². The molecule has 0 unspecified atom stereocenters. The molecule has 0 spiro atoms. The second-order valence-electron chi connectivity index (χ2n) is 4.64. The Morgan fingerprint density at radius 2 is 1.80 bits per heavy atom. The normalized spacial score (nSPS) is 10.4. The number of amides is 1. The molecule has 1 aromatic heterocycles. The molecule has 1 aromatic carbocycles. The third-order valence-electron chi connectivity index (χ3n) is 2.89. The molecule has 0 atom stereocenters. The van der Waals surface area contributed by atoms with Gasteiger partial charge in [-0.15, -0.1) is 0 Å². The Kier molecular flexibility index (Phi) is 4.09. The third kappa shape index (κ3) is 2.99. The summed E-state index contributed by atoms with van der Waals surface area (Å²) in [6, 6.07) is 7.11. The average molecular weight is 335 g/mol. The van der Waals surface area contributed by atoms with Crippen molar-refractivity contribution in [3.8, 4) is 11.6 Å². The van der Waals surface area contributed by atoms with Crippen molar-refractivity contribution in [2.75, 3.05) is 0 Å². The quantitative estimate of drug-likeness (QED) is 0.931. The van der Waals surface area contributed by atoms with Crippen LogP contribution in [-0.4, -0.2) is 10.9 Å². The minimum atomic E-state index is -0.557. The number of carbonyl (C=O) groups is 1. The molecular formula is C15H15BrN2O2. The zero-order valence-electron chi connectivity index (χ0n) is 11.5. The molecular weight excluding hydrogens is 320 g/mol. The van der Waals surface area contributed by atoms with Crippen LogP contribution in [0.1, 0.15) is 27.2 Å². The molecule has 20 heavy (non-hydrogen) atoms. The van der Waals surface area contributed by atoms with Crippen LogP contribution in [0, 0.1) is 20.8 Å². The molecule has 2 N–H and O–H groups in total. The van der Waals surface area contributed by atoms with Crippen LogP contribution < -0.4 is 10.5 Å². The lowest BCUT2D eigenvalue weighted by atomic mass is 10.1. The van der Waals surface area contributed by atoms with Gasteiger partial charge in [-0.2, -0.15) is 0 Å². The second-order valence-corrected chi connectivity index (χ2v) is 5.44. The lowest BCUT2D eigenvalue weighted by Gasteiger charge is -2.11. The molecule has 5 heteroatoms. The van der Waals surface area contributed by atoms with Gasteiger partial charge in [0.05, 0.1) is 0 Å². The first-order valence-corrected chi connectivity index (χ1v) is 6.90. The van der Waals surface area contributed by atoms with Crippen LogP contribution in [0.3, 0.4) is 0 Å². The smallest absolute Gasteiger partial charge is 0.254 e. The van der Waals surface area contributed by atoms with E-state index < -0.39 is 5.91 Å². The van der Waals surface area contributed by atoms with Crippen molar-refractivity contribution < 1.29 is 9.53 Å². The van der Waals surface area contributed by atoms with Gasteiger partial charge in [-0.25, -0.2) is 4.98 Å². The minimum absolute atomic E-state index is 0.235. The fourth-order valence-electron chi connectivity index (χ4n) is 1.87. The van der Waals surface area contributed by atoms with Gasteiger partial charge in [0.15, 0.2) is 0 Å². The van der Waals surface area contributed by atoms with Crippen LogP contribution in [-0.2, 0) is 0 Å². The van der Waals surface area contributed by atoms with Crippen LogP contribution in [0.2, 0.25) is 0 Å². The highest BCUT2D eigenvalue weighted by atomic mass is 79.9. The molecule has 2 aromatic rings. The highest BCUT2D eigenvalue weighted by Crippen LogP contribution is 2.30. The summed E-state index contributed by atoms with van der Waals surface area (Å²) in [7, 11) is 0. The summed E-state index contributed by atoms with van der Waals surface area (Å²) < 4.78 is 6.77. The van der Waals surface area contributed by atoms with Gasteiger partial charge < -0.3 is 10.5 Å². The van der Waals surface area contributed by atoms with Crippen LogP contribution in [0.4, 0.5) is 0 Å². The number of halogens is 1. The van der Waals surface area contributed by atoms with Crippen molar-refractivity contribution in [1.82, 2.24) is 4.98 Å². The number of hydrogen-bond acceptors (Lipinski definition) is 3. The van der Waals surface area contributed by atoms with Gasteiger partial charge in [0.25, 0.3) is 5.91 Å². The lowest BCUT2D eigenvalue weighted by Crippen LogP contribution is -2.13. The molecule has 0 aliphatic heterocycles. The van der Waals surface area contributed by atoms with Gasteiger partial charge in [0.1, 0.15) is 11.3 Å². The first-order valence-electron chi connectivity index (χ1n) is 6.10. The maximum absolute atomic E-state index is 11.4. The largest absolute Gasteiger partial charge is 0.438 e. The molecule has 1 heterocycles. The highest BCUT2D eigenvalue weighted by Gasteiger charge is 2.13. The van der Waals surface area contributed by atoms with Gasteiger partial charge in [-0.05, 0) is 56.2 Å². The van der Waals surface area contributed by atoms with E-state index in [1.807, 2.05) is 32.9 Å². The first-order chi connectivity index (χ1) is 9.38. The third-order valence-corrected chi connectivity index (χ3v) is 4.14. The number of aromatic nitrogens is 1. The number of primary amides is 1. The van der Waals surface area contributed by atoms with Gasteiger partial charge in [0, 0.05) is 10.2 Å². The fourth-order valence-corrected chi connectivity index (χ4v) is 2.10. The number of ether oxygens (including phenoxy) is 1. The topological polar surface area (TPSA) is 65.2 Å². The average Bonchev–Trinajstić information content (AvgIpc) is 2.35. The number of nitrogens with zero attached hydrogens (tertiary/aromatic N) is 1. The maximum atomic E-state index is 11.4. The molecule has 4 nitrogen and oxygen atoms in total. The number of pyridine rings is 1. The van der Waals surface area contributed by atoms with E-state index in [0.29, 0.717) is 5.75 Å². The highest BCUT2D eigenvalue weighted by molar-refractivity contribution is 9.10. The molecule has 0 saturated carbocycles. The number of benzene rings is 1. The molecule has 0 aliphatic rings. The summed E-state index contributed by atoms with van der Waals surface area (Å²) in [5.74, 6) is 0.306.